The molecule has 2 aromatic rings. The highest BCUT2D eigenvalue weighted by Gasteiger charge is 2.32. The zero-order valence-electron chi connectivity index (χ0n) is 30.4. The maximum absolute atomic E-state index is 13.8. The van der Waals surface area contributed by atoms with E-state index in [1.54, 1.807) is 4.90 Å². The van der Waals surface area contributed by atoms with Crippen LogP contribution in [0.1, 0.15) is 92.5 Å². The van der Waals surface area contributed by atoms with E-state index in [4.69, 9.17) is 14.2 Å². The van der Waals surface area contributed by atoms with Crippen molar-refractivity contribution in [2.24, 2.45) is 0 Å². The maximum Gasteiger partial charge on any atom is 0.410 e. The van der Waals surface area contributed by atoms with Gasteiger partial charge < -0.3 is 34.3 Å². The number of hydrogen-bond donors (Lipinski definition) is 2. The molecule has 0 atom stereocenters. The molecule has 48 heavy (non-hydrogen) atoms. The topological polar surface area (TPSA) is 116 Å². The summed E-state index contributed by atoms with van der Waals surface area (Å²) in [5, 5.41) is 3.00. The molecule has 0 bridgehead atoms. The van der Waals surface area contributed by atoms with E-state index in [-0.39, 0.29) is 36.2 Å². The molecule has 1 aromatic carbocycles. The fourth-order valence-electron chi connectivity index (χ4n) is 6.82. The first-order valence-corrected chi connectivity index (χ1v) is 17.5. The Balaban J connectivity index is 1.52. The molecular weight excluding hydrogens is 610 g/mol. The zero-order valence-corrected chi connectivity index (χ0v) is 30.4. The smallest absolute Gasteiger partial charge is 0.410 e. The first-order chi connectivity index (χ1) is 22.8. The van der Waals surface area contributed by atoms with Gasteiger partial charge in [0.15, 0.2) is 0 Å². The van der Waals surface area contributed by atoms with E-state index in [1.807, 2.05) is 60.7 Å². The van der Waals surface area contributed by atoms with Crippen molar-refractivity contribution in [2.75, 3.05) is 57.9 Å². The zero-order chi connectivity index (χ0) is 35.0. The van der Waals surface area contributed by atoms with Gasteiger partial charge in [-0.3, -0.25) is 14.5 Å². The lowest BCUT2D eigenvalue weighted by Crippen LogP contribution is -2.46. The summed E-state index contributed by atoms with van der Waals surface area (Å²) in [7, 11) is 1.83. The summed E-state index contributed by atoms with van der Waals surface area (Å²) in [5.74, 6) is 0.412. The van der Waals surface area contributed by atoms with Crippen LogP contribution in [0.5, 0.6) is 5.75 Å². The highest BCUT2D eigenvalue weighted by molar-refractivity contribution is 5.97. The van der Waals surface area contributed by atoms with Crippen LogP contribution in [0.2, 0.25) is 0 Å². The quantitative estimate of drug-likeness (QED) is 0.292. The van der Waals surface area contributed by atoms with Crippen molar-refractivity contribution in [3.8, 4) is 5.75 Å². The van der Waals surface area contributed by atoms with Crippen LogP contribution in [-0.2, 0) is 16.0 Å². The van der Waals surface area contributed by atoms with E-state index in [0.29, 0.717) is 23.5 Å². The van der Waals surface area contributed by atoms with Crippen molar-refractivity contribution in [3.63, 3.8) is 0 Å². The number of aryl methyl sites for hydroxylation is 2. The van der Waals surface area contributed by atoms with Crippen LogP contribution in [0, 0.1) is 20.8 Å². The van der Waals surface area contributed by atoms with Crippen molar-refractivity contribution in [2.45, 2.75) is 105 Å². The van der Waals surface area contributed by atoms with Crippen molar-refractivity contribution in [1.82, 2.24) is 20.1 Å². The lowest BCUT2D eigenvalue weighted by atomic mass is 9.88. The number of amides is 2. The van der Waals surface area contributed by atoms with Crippen LogP contribution < -0.4 is 20.5 Å². The standard InChI is InChI=1S/C37H57N5O6/c1-9-42(29-13-11-28(12-14-29)40(8)36(45)48-37(5,6)7)33-23-30(47-18-10-15-41-16-19-46-20-17-41)22-31(27(33)4)34(43)38-24-32-25(2)21-26(3)39-35(32)44/h21-23,28-29H,9-20,24H2,1-8H3,(H,38,43)(H,39,44)/t28-,29-. The number of rotatable bonds is 12. The Morgan fingerprint density at radius 1 is 1.04 bits per heavy atom. The fourth-order valence-corrected chi connectivity index (χ4v) is 6.82. The number of ether oxygens (including phenoxy) is 3. The second-order valence-corrected chi connectivity index (χ2v) is 14.2. The number of nitrogens with zero attached hydrogens (tertiary/aromatic N) is 3. The second kappa shape index (κ2) is 16.7. The van der Waals surface area contributed by atoms with Crippen LogP contribution in [0.15, 0.2) is 23.0 Å². The molecule has 1 aliphatic carbocycles. The molecule has 2 aliphatic rings. The molecule has 2 heterocycles. The molecule has 1 aromatic heterocycles. The molecule has 11 nitrogen and oxygen atoms in total. The molecule has 2 amide bonds. The molecule has 4 rings (SSSR count). The van der Waals surface area contributed by atoms with Gasteiger partial charge in [-0.05, 0) is 104 Å². The number of pyridine rings is 1. The lowest BCUT2D eigenvalue weighted by molar-refractivity contribution is 0.0183. The Morgan fingerprint density at radius 2 is 1.71 bits per heavy atom. The van der Waals surface area contributed by atoms with Crippen LogP contribution >= 0.6 is 0 Å². The van der Waals surface area contributed by atoms with E-state index in [1.165, 1.54) is 0 Å². The van der Waals surface area contributed by atoms with Gasteiger partial charge in [0, 0.05) is 80.4 Å². The molecule has 0 spiro atoms. The monoisotopic (exact) mass is 667 g/mol. The summed E-state index contributed by atoms with van der Waals surface area (Å²) in [6.45, 7) is 19.3. The van der Waals surface area contributed by atoms with Crippen molar-refractivity contribution >= 4 is 17.7 Å². The largest absolute Gasteiger partial charge is 0.493 e. The molecule has 0 unspecified atom stereocenters. The van der Waals surface area contributed by atoms with Gasteiger partial charge in [0.1, 0.15) is 11.4 Å². The Kier molecular flexibility index (Phi) is 13.0. The van der Waals surface area contributed by atoms with Gasteiger partial charge in [0.05, 0.1) is 19.8 Å². The van der Waals surface area contributed by atoms with E-state index in [0.717, 1.165) is 94.0 Å². The third-order valence-corrected chi connectivity index (χ3v) is 9.50. The van der Waals surface area contributed by atoms with Gasteiger partial charge in [-0.1, -0.05) is 0 Å². The number of anilines is 1. The molecule has 2 fully saturated rings. The molecule has 266 valence electrons. The first kappa shape index (κ1) is 37.3. The Morgan fingerprint density at radius 3 is 2.33 bits per heavy atom. The average Bonchev–Trinajstić information content (AvgIpc) is 3.03. The average molecular weight is 668 g/mol. The summed E-state index contributed by atoms with van der Waals surface area (Å²) in [6.07, 6.45) is 4.13. The number of aromatic nitrogens is 1. The van der Waals surface area contributed by atoms with E-state index < -0.39 is 5.60 Å². The van der Waals surface area contributed by atoms with Gasteiger partial charge in [0.25, 0.3) is 11.5 Å². The van der Waals surface area contributed by atoms with Crippen LogP contribution in [-0.4, -0.2) is 97.5 Å². The van der Waals surface area contributed by atoms with Gasteiger partial charge in [-0.15, -0.1) is 0 Å². The molecule has 11 heteroatoms. The molecule has 1 aliphatic heterocycles. The van der Waals surface area contributed by atoms with Crippen molar-refractivity contribution in [3.05, 3.63) is 56.5 Å². The number of aromatic amines is 1. The van der Waals surface area contributed by atoms with E-state index >= 15 is 0 Å². The third-order valence-electron chi connectivity index (χ3n) is 9.50. The van der Waals surface area contributed by atoms with Gasteiger partial charge in [-0.2, -0.15) is 0 Å². The minimum Gasteiger partial charge on any atom is -0.493 e. The molecule has 2 N–H and O–H groups in total. The SMILES string of the molecule is CCN(c1cc(OCCCN2CCOCC2)cc(C(=O)NCc2c(C)cc(C)[nH]c2=O)c1C)[C@H]1CC[C@H](N(C)C(=O)OC(C)(C)C)CC1. The number of nitrogens with one attached hydrogen (secondary N) is 2. The molecule has 1 saturated carbocycles. The van der Waals surface area contributed by atoms with Crippen molar-refractivity contribution < 1.29 is 23.8 Å². The predicted molar refractivity (Wildman–Crippen MR) is 189 cm³/mol. The predicted octanol–water partition coefficient (Wildman–Crippen LogP) is 5.34. The van der Waals surface area contributed by atoms with E-state index in [9.17, 15) is 14.4 Å². The van der Waals surface area contributed by atoms with E-state index in [2.05, 4.69) is 33.1 Å². The summed E-state index contributed by atoms with van der Waals surface area (Å²) >= 11 is 0. The Hall–Kier alpha value is -3.57. The van der Waals surface area contributed by atoms with Gasteiger partial charge >= 0.3 is 6.09 Å². The molecule has 0 radical (unpaired) electrons. The third kappa shape index (κ3) is 9.98. The van der Waals surface area contributed by atoms with Gasteiger partial charge in [0.2, 0.25) is 0 Å². The fraction of sp³-hybridized carbons (Fsp3) is 0.649. The normalized spacial score (nSPS) is 18.7. The van der Waals surface area contributed by atoms with Crippen LogP contribution in [0.4, 0.5) is 10.5 Å². The maximum atomic E-state index is 13.8. The number of morpholine rings is 1. The summed E-state index contributed by atoms with van der Waals surface area (Å²) in [4.78, 5) is 48.5. The van der Waals surface area contributed by atoms with Crippen molar-refractivity contribution in [1.29, 1.82) is 0 Å². The summed E-state index contributed by atoms with van der Waals surface area (Å²) in [6, 6.07) is 6.18. The number of benzene rings is 1. The van der Waals surface area contributed by atoms with Crippen LogP contribution in [0.3, 0.4) is 0 Å². The summed E-state index contributed by atoms with van der Waals surface area (Å²) in [5.41, 5.74) is 3.84. The first-order valence-electron chi connectivity index (χ1n) is 17.5. The van der Waals surface area contributed by atoms with Crippen LogP contribution in [0.25, 0.3) is 0 Å². The lowest BCUT2D eigenvalue weighted by Gasteiger charge is -2.41. The van der Waals surface area contributed by atoms with Gasteiger partial charge in [-0.25, -0.2) is 4.79 Å². The number of carbonyl (C=O) groups excluding carboxylic acids is 2. The minimum absolute atomic E-state index is 0.117. The highest BCUT2D eigenvalue weighted by atomic mass is 16.6. The second-order valence-electron chi connectivity index (χ2n) is 14.2. The Bertz CT molecular complexity index is 1450. The Labute approximate surface area is 286 Å². The number of carbonyl (C=O) groups is 2. The molecular formula is C37H57N5O6. The summed E-state index contributed by atoms with van der Waals surface area (Å²) < 4.78 is 17.4. The number of hydrogen-bond acceptors (Lipinski definition) is 8. The number of H-pyrrole nitrogens is 1. The highest BCUT2D eigenvalue weighted by Crippen LogP contribution is 2.35. The minimum atomic E-state index is -0.534. The molecule has 1 saturated heterocycles.